The Bertz CT molecular complexity index is 147. The average molecular weight is 138 g/mol. The Morgan fingerprint density at radius 2 is 2.40 bits per heavy atom. The van der Waals surface area contributed by atoms with Crippen molar-refractivity contribution in [2.75, 3.05) is 0 Å². The predicted molar refractivity (Wildman–Crippen MR) is 42.8 cm³/mol. The van der Waals surface area contributed by atoms with Crippen molar-refractivity contribution in [2.24, 2.45) is 0 Å². The normalized spacial score (nSPS) is 26.9. The number of aliphatic hydroxyl groups is 1. The molecule has 0 spiro atoms. The summed E-state index contributed by atoms with van der Waals surface area (Å²) in [6.07, 6.45) is 7.93. The van der Waals surface area contributed by atoms with Gasteiger partial charge in [-0.1, -0.05) is 25.2 Å². The molecule has 0 saturated carbocycles. The summed E-state index contributed by atoms with van der Waals surface area (Å²) in [5.41, 5.74) is 1.01. The van der Waals surface area contributed by atoms with E-state index in [1.54, 1.807) is 6.08 Å². The lowest BCUT2D eigenvalue weighted by Crippen LogP contribution is -2.06. The van der Waals surface area contributed by atoms with Crippen molar-refractivity contribution >= 4 is 0 Å². The molecule has 0 saturated heterocycles. The Labute approximate surface area is 62.1 Å². The zero-order valence-electron chi connectivity index (χ0n) is 6.21. The molecule has 0 aromatic carbocycles. The Balaban J connectivity index is 2.61. The molecule has 0 fully saturated rings. The van der Waals surface area contributed by atoms with Gasteiger partial charge in [0.05, 0.1) is 6.10 Å². The van der Waals surface area contributed by atoms with Crippen LogP contribution >= 0.6 is 0 Å². The van der Waals surface area contributed by atoms with Crippen LogP contribution in [0.2, 0.25) is 0 Å². The highest BCUT2D eigenvalue weighted by atomic mass is 16.3. The van der Waals surface area contributed by atoms with E-state index in [0.717, 1.165) is 24.8 Å². The first-order valence-corrected chi connectivity index (χ1v) is 3.85. The van der Waals surface area contributed by atoms with E-state index in [1.807, 2.05) is 0 Å². The summed E-state index contributed by atoms with van der Waals surface area (Å²) in [7, 11) is 0. The maximum atomic E-state index is 9.41. The predicted octanol–water partition coefficient (Wildman–Crippen LogP) is 2.03. The Hall–Kier alpha value is -0.560. The number of aliphatic hydroxyl groups excluding tert-OH is 1. The molecule has 0 radical (unpaired) electrons. The molecule has 1 rings (SSSR count). The standard InChI is InChI=1S/C9H14O/c1-2-8-6-4-3-5-7-9(8)10/h2,6,9-10H,1,3-5,7H2/t9-/m1/s1. The van der Waals surface area contributed by atoms with Crippen LogP contribution < -0.4 is 0 Å². The van der Waals surface area contributed by atoms with Gasteiger partial charge >= 0.3 is 0 Å². The summed E-state index contributed by atoms with van der Waals surface area (Å²) in [5.74, 6) is 0. The van der Waals surface area contributed by atoms with Gasteiger partial charge in [0.1, 0.15) is 0 Å². The van der Waals surface area contributed by atoms with E-state index < -0.39 is 0 Å². The number of rotatable bonds is 1. The zero-order chi connectivity index (χ0) is 7.40. The minimum Gasteiger partial charge on any atom is -0.388 e. The number of hydrogen-bond donors (Lipinski definition) is 1. The molecule has 56 valence electrons. The zero-order valence-corrected chi connectivity index (χ0v) is 6.21. The summed E-state index contributed by atoms with van der Waals surface area (Å²) in [4.78, 5) is 0. The largest absolute Gasteiger partial charge is 0.388 e. The second-order valence-electron chi connectivity index (χ2n) is 2.71. The highest BCUT2D eigenvalue weighted by molar-refractivity contribution is 5.21. The lowest BCUT2D eigenvalue weighted by Gasteiger charge is -2.06. The van der Waals surface area contributed by atoms with Gasteiger partial charge in [-0.2, -0.15) is 0 Å². The molecule has 10 heavy (non-hydrogen) atoms. The molecular weight excluding hydrogens is 124 g/mol. The lowest BCUT2D eigenvalue weighted by atomic mass is 10.1. The SMILES string of the molecule is C=CC1=CCCCC[C@H]1O. The van der Waals surface area contributed by atoms with E-state index in [0.29, 0.717) is 0 Å². The van der Waals surface area contributed by atoms with Crippen LogP contribution in [0.25, 0.3) is 0 Å². The third-order valence-corrected chi connectivity index (χ3v) is 1.93. The van der Waals surface area contributed by atoms with Crippen LogP contribution in [0.5, 0.6) is 0 Å². The van der Waals surface area contributed by atoms with Crippen molar-refractivity contribution in [3.05, 3.63) is 24.3 Å². The minimum atomic E-state index is -0.250. The summed E-state index contributed by atoms with van der Waals surface area (Å²) < 4.78 is 0. The fraction of sp³-hybridized carbons (Fsp3) is 0.556. The molecule has 0 aromatic heterocycles. The third kappa shape index (κ3) is 1.71. The van der Waals surface area contributed by atoms with Gasteiger partial charge in [0.15, 0.2) is 0 Å². The van der Waals surface area contributed by atoms with Gasteiger partial charge in [-0.25, -0.2) is 0 Å². The maximum Gasteiger partial charge on any atom is 0.0786 e. The fourth-order valence-electron chi connectivity index (χ4n) is 1.27. The molecule has 1 aliphatic carbocycles. The van der Waals surface area contributed by atoms with E-state index in [1.165, 1.54) is 6.42 Å². The summed E-state index contributed by atoms with van der Waals surface area (Å²) in [6.45, 7) is 3.65. The van der Waals surface area contributed by atoms with Gasteiger partial charge < -0.3 is 5.11 Å². The van der Waals surface area contributed by atoms with Crippen molar-refractivity contribution in [1.82, 2.24) is 0 Å². The van der Waals surface area contributed by atoms with E-state index in [-0.39, 0.29) is 6.10 Å². The van der Waals surface area contributed by atoms with Crippen LogP contribution in [-0.2, 0) is 0 Å². The molecule has 1 aliphatic rings. The van der Waals surface area contributed by atoms with Crippen LogP contribution in [0.4, 0.5) is 0 Å². The Kier molecular flexibility index (Phi) is 2.69. The van der Waals surface area contributed by atoms with E-state index in [2.05, 4.69) is 12.7 Å². The summed E-state index contributed by atoms with van der Waals surface area (Å²) in [5, 5.41) is 9.41. The van der Waals surface area contributed by atoms with Crippen LogP contribution in [0.1, 0.15) is 25.7 Å². The van der Waals surface area contributed by atoms with Gasteiger partial charge in [0, 0.05) is 0 Å². The molecule has 0 aliphatic heterocycles. The van der Waals surface area contributed by atoms with Gasteiger partial charge in [-0.05, 0) is 24.8 Å². The molecule has 0 unspecified atom stereocenters. The lowest BCUT2D eigenvalue weighted by molar-refractivity contribution is 0.203. The fourth-order valence-corrected chi connectivity index (χ4v) is 1.27. The van der Waals surface area contributed by atoms with Gasteiger partial charge in [0.25, 0.3) is 0 Å². The molecular formula is C9H14O. The molecule has 0 amide bonds. The highest BCUT2D eigenvalue weighted by Gasteiger charge is 2.09. The summed E-state index contributed by atoms with van der Waals surface area (Å²) >= 11 is 0. The molecule has 0 bridgehead atoms. The quantitative estimate of drug-likeness (QED) is 0.588. The first-order valence-electron chi connectivity index (χ1n) is 3.85. The van der Waals surface area contributed by atoms with Crippen LogP contribution in [0.3, 0.4) is 0 Å². The van der Waals surface area contributed by atoms with Gasteiger partial charge in [-0.3, -0.25) is 0 Å². The van der Waals surface area contributed by atoms with Crippen LogP contribution in [0, 0.1) is 0 Å². The smallest absolute Gasteiger partial charge is 0.0786 e. The topological polar surface area (TPSA) is 20.2 Å². The van der Waals surface area contributed by atoms with Crippen molar-refractivity contribution in [1.29, 1.82) is 0 Å². The second-order valence-corrected chi connectivity index (χ2v) is 2.71. The van der Waals surface area contributed by atoms with E-state index in [9.17, 15) is 5.11 Å². The van der Waals surface area contributed by atoms with E-state index >= 15 is 0 Å². The van der Waals surface area contributed by atoms with Crippen molar-refractivity contribution in [3.8, 4) is 0 Å². The highest BCUT2D eigenvalue weighted by Crippen LogP contribution is 2.17. The monoisotopic (exact) mass is 138 g/mol. The van der Waals surface area contributed by atoms with E-state index in [4.69, 9.17) is 0 Å². The van der Waals surface area contributed by atoms with Crippen molar-refractivity contribution in [3.63, 3.8) is 0 Å². The van der Waals surface area contributed by atoms with Crippen molar-refractivity contribution in [2.45, 2.75) is 31.8 Å². The maximum absolute atomic E-state index is 9.41. The second kappa shape index (κ2) is 3.57. The average Bonchev–Trinajstić information content (AvgIpc) is 2.13. The number of hydrogen-bond acceptors (Lipinski definition) is 1. The Morgan fingerprint density at radius 3 is 3.10 bits per heavy atom. The molecule has 0 heterocycles. The van der Waals surface area contributed by atoms with Crippen LogP contribution in [0.15, 0.2) is 24.3 Å². The first kappa shape index (κ1) is 7.55. The van der Waals surface area contributed by atoms with Crippen LogP contribution in [-0.4, -0.2) is 11.2 Å². The number of allylic oxidation sites excluding steroid dienone is 1. The molecule has 1 atom stereocenters. The first-order chi connectivity index (χ1) is 4.84. The van der Waals surface area contributed by atoms with Gasteiger partial charge in [-0.15, -0.1) is 0 Å². The third-order valence-electron chi connectivity index (χ3n) is 1.93. The van der Waals surface area contributed by atoms with Gasteiger partial charge in [0.2, 0.25) is 0 Å². The Morgan fingerprint density at radius 1 is 1.60 bits per heavy atom. The van der Waals surface area contributed by atoms with Crippen molar-refractivity contribution < 1.29 is 5.11 Å². The summed E-state index contributed by atoms with van der Waals surface area (Å²) in [6, 6.07) is 0. The molecule has 1 nitrogen and oxygen atoms in total. The molecule has 0 aromatic rings. The molecule has 1 heteroatoms. The molecule has 1 N–H and O–H groups in total. The minimum absolute atomic E-state index is 0.250.